The number of aromatic nitrogens is 1. The molecule has 0 amide bonds. The molecule has 0 radical (unpaired) electrons. The Hall–Kier alpha value is -1.35. The van der Waals surface area contributed by atoms with Crippen LogP contribution in [0.1, 0.15) is 18.4 Å². The predicted molar refractivity (Wildman–Crippen MR) is 51.5 cm³/mol. The van der Waals surface area contributed by atoms with Crippen LogP contribution in [0.3, 0.4) is 0 Å². The van der Waals surface area contributed by atoms with E-state index in [-0.39, 0.29) is 0 Å². The molecular formula is C10H12N2O. The van der Waals surface area contributed by atoms with Crippen LogP contribution >= 0.6 is 0 Å². The summed E-state index contributed by atoms with van der Waals surface area (Å²) < 4.78 is 5.38. The Morgan fingerprint density at radius 1 is 1.62 bits per heavy atom. The topological polar surface area (TPSA) is 52.0 Å². The highest BCUT2D eigenvalue weighted by Gasteiger charge is 2.10. The number of hydrogen-bond acceptors (Lipinski definition) is 3. The molecule has 2 N–H and O–H groups in total. The zero-order chi connectivity index (χ0) is 9.26. The second kappa shape index (κ2) is 3.18. The molecule has 3 heteroatoms. The lowest BCUT2D eigenvalue weighted by Gasteiger charge is -2.04. The maximum Gasteiger partial charge on any atom is 0.137 e. The van der Waals surface area contributed by atoms with Crippen molar-refractivity contribution in [2.45, 2.75) is 12.8 Å². The molecule has 0 saturated carbocycles. The van der Waals surface area contributed by atoms with Gasteiger partial charge in [-0.15, -0.1) is 0 Å². The summed E-state index contributed by atoms with van der Waals surface area (Å²) in [4.78, 5) is 4.06. The summed E-state index contributed by atoms with van der Waals surface area (Å²) in [6.45, 7) is 2.71. The molecule has 1 atom stereocenters. The normalized spacial score (nSPS) is 13.4. The molecule has 3 nitrogen and oxygen atoms in total. The summed E-state index contributed by atoms with van der Waals surface area (Å²) >= 11 is 0. The molecule has 2 heterocycles. The molecule has 0 fully saturated rings. The minimum atomic E-state index is 0.324. The molecule has 0 saturated heterocycles. The second-order valence-corrected chi connectivity index (χ2v) is 3.20. The highest BCUT2D eigenvalue weighted by atomic mass is 16.3. The smallest absolute Gasteiger partial charge is 0.137 e. The number of nitrogens with two attached hydrogens (primary N) is 1. The van der Waals surface area contributed by atoms with E-state index in [1.54, 1.807) is 12.5 Å². The molecule has 2 aromatic heterocycles. The van der Waals surface area contributed by atoms with E-state index in [0.29, 0.717) is 12.5 Å². The summed E-state index contributed by atoms with van der Waals surface area (Å²) in [6, 6.07) is 1.86. The van der Waals surface area contributed by atoms with Crippen LogP contribution in [-0.4, -0.2) is 11.5 Å². The molecule has 0 spiro atoms. The monoisotopic (exact) mass is 176 g/mol. The standard InChI is InChI=1S/C10H12N2O/c1-7(4-11)9-6-13-10-2-3-12-5-8(9)10/h2-3,5-7H,4,11H2,1H3. The van der Waals surface area contributed by atoms with E-state index < -0.39 is 0 Å². The average Bonchev–Trinajstić information content (AvgIpc) is 2.60. The van der Waals surface area contributed by atoms with Crippen molar-refractivity contribution >= 4 is 11.0 Å². The molecule has 2 aromatic rings. The van der Waals surface area contributed by atoms with Crippen molar-refractivity contribution in [3.05, 3.63) is 30.3 Å². The largest absolute Gasteiger partial charge is 0.464 e. The van der Waals surface area contributed by atoms with Crippen molar-refractivity contribution in [2.75, 3.05) is 6.54 Å². The number of hydrogen-bond donors (Lipinski definition) is 1. The minimum absolute atomic E-state index is 0.324. The van der Waals surface area contributed by atoms with E-state index >= 15 is 0 Å². The van der Waals surface area contributed by atoms with Crippen LogP contribution < -0.4 is 5.73 Å². The van der Waals surface area contributed by atoms with E-state index in [2.05, 4.69) is 11.9 Å². The van der Waals surface area contributed by atoms with Gasteiger partial charge in [-0.1, -0.05) is 6.92 Å². The Morgan fingerprint density at radius 3 is 3.23 bits per heavy atom. The Kier molecular flexibility index (Phi) is 2.02. The van der Waals surface area contributed by atoms with Gasteiger partial charge in [0.2, 0.25) is 0 Å². The van der Waals surface area contributed by atoms with Crippen LogP contribution in [0.25, 0.3) is 11.0 Å². The van der Waals surface area contributed by atoms with Gasteiger partial charge in [0.05, 0.1) is 6.26 Å². The van der Waals surface area contributed by atoms with Crippen molar-refractivity contribution in [2.24, 2.45) is 5.73 Å². The van der Waals surface area contributed by atoms with Gasteiger partial charge in [-0.3, -0.25) is 4.98 Å². The van der Waals surface area contributed by atoms with E-state index in [4.69, 9.17) is 10.2 Å². The van der Waals surface area contributed by atoms with Crippen molar-refractivity contribution < 1.29 is 4.42 Å². The lowest BCUT2D eigenvalue weighted by molar-refractivity contribution is 0.603. The van der Waals surface area contributed by atoms with Crippen LogP contribution in [0.15, 0.2) is 29.1 Å². The third-order valence-electron chi connectivity index (χ3n) is 2.29. The van der Waals surface area contributed by atoms with E-state index in [1.165, 1.54) is 0 Å². The van der Waals surface area contributed by atoms with Gasteiger partial charge in [-0.2, -0.15) is 0 Å². The zero-order valence-electron chi connectivity index (χ0n) is 7.53. The first-order valence-corrected chi connectivity index (χ1v) is 4.34. The van der Waals surface area contributed by atoms with Crippen molar-refractivity contribution in [3.63, 3.8) is 0 Å². The zero-order valence-corrected chi connectivity index (χ0v) is 7.53. The van der Waals surface area contributed by atoms with Gasteiger partial charge >= 0.3 is 0 Å². The fraction of sp³-hybridized carbons (Fsp3) is 0.300. The van der Waals surface area contributed by atoms with Gasteiger partial charge in [0.1, 0.15) is 5.58 Å². The number of nitrogens with zero attached hydrogens (tertiary/aromatic N) is 1. The van der Waals surface area contributed by atoms with E-state index in [0.717, 1.165) is 16.5 Å². The van der Waals surface area contributed by atoms with Crippen LogP contribution in [0.5, 0.6) is 0 Å². The summed E-state index contributed by atoms with van der Waals surface area (Å²) in [5, 5.41) is 1.07. The predicted octanol–water partition coefficient (Wildman–Crippen LogP) is 1.89. The van der Waals surface area contributed by atoms with Gasteiger partial charge in [0, 0.05) is 23.3 Å². The average molecular weight is 176 g/mol. The van der Waals surface area contributed by atoms with Crippen LogP contribution in [0, 0.1) is 0 Å². The van der Waals surface area contributed by atoms with Gasteiger partial charge < -0.3 is 10.2 Å². The van der Waals surface area contributed by atoms with Crippen molar-refractivity contribution in [3.8, 4) is 0 Å². The molecule has 0 bridgehead atoms. The third kappa shape index (κ3) is 1.31. The molecule has 2 rings (SSSR count). The van der Waals surface area contributed by atoms with Gasteiger partial charge in [-0.25, -0.2) is 0 Å². The Labute approximate surface area is 76.6 Å². The maximum atomic E-state index is 5.59. The summed E-state index contributed by atoms with van der Waals surface area (Å²) in [5.74, 6) is 0.324. The third-order valence-corrected chi connectivity index (χ3v) is 2.29. The fourth-order valence-electron chi connectivity index (χ4n) is 1.40. The summed E-state index contributed by atoms with van der Waals surface area (Å²) in [6.07, 6.45) is 5.31. The molecule has 0 aliphatic heterocycles. The molecule has 1 unspecified atom stereocenters. The fourth-order valence-corrected chi connectivity index (χ4v) is 1.40. The Balaban J connectivity index is 2.57. The first-order chi connectivity index (χ1) is 6.33. The molecule has 0 aromatic carbocycles. The lowest BCUT2D eigenvalue weighted by Crippen LogP contribution is -2.08. The van der Waals surface area contributed by atoms with E-state index in [1.807, 2.05) is 12.3 Å². The van der Waals surface area contributed by atoms with Crippen molar-refractivity contribution in [1.82, 2.24) is 4.98 Å². The number of rotatable bonds is 2. The van der Waals surface area contributed by atoms with Crippen molar-refractivity contribution in [1.29, 1.82) is 0 Å². The number of pyridine rings is 1. The second-order valence-electron chi connectivity index (χ2n) is 3.20. The number of fused-ring (bicyclic) bond motifs is 1. The highest BCUT2D eigenvalue weighted by Crippen LogP contribution is 2.25. The van der Waals surface area contributed by atoms with Gasteiger partial charge in [-0.05, 0) is 18.5 Å². The number of furan rings is 1. The summed E-state index contributed by atoms with van der Waals surface area (Å²) in [7, 11) is 0. The van der Waals surface area contributed by atoms with E-state index in [9.17, 15) is 0 Å². The molecular weight excluding hydrogens is 164 g/mol. The van der Waals surface area contributed by atoms with Crippen LogP contribution in [-0.2, 0) is 0 Å². The molecule has 0 aliphatic rings. The van der Waals surface area contributed by atoms with Crippen LogP contribution in [0.2, 0.25) is 0 Å². The molecule has 0 aliphatic carbocycles. The molecule has 68 valence electrons. The Bertz CT molecular complexity index is 408. The Morgan fingerprint density at radius 2 is 2.46 bits per heavy atom. The highest BCUT2D eigenvalue weighted by molar-refractivity contribution is 5.80. The SMILES string of the molecule is CC(CN)c1coc2ccncc12. The lowest BCUT2D eigenvalue weighted by atomic mass is 10.0. The first-order valence-electron chi connectivity index (χ1n) is 4.34. The first kappa shape index (κ1) is 8.26. The summed E-state index contributed by atoms with van der Waals surface area (Å²) in [5.41, 5.74) is 7.62. The maximum absolute atomic E-state index is 5.59. The van der Waals surface area contributed by atoms with Gasteiger partial charge in [0.15, 0.2) is 0 Å². The molecule has 13 heavy (non-hydrogen) atoms. The minimum Gasteiger partial charge on any atom is -0.464 e. The van der Waals surface area contributed by atoms with Gasteiger partial charge in [0.25, 0.3) is 0 Å². The quantitative estimate of drug-likeness (QED) is 0.760. The van der Waals surface area contributed by atoms with Crippen LogP contribution in [0.4, 0.5) is 0 Å².